The molecule has 2 heterocycles. The molecule has 4 nitrogen and oxygen atoms in total. The molecule has 0 aromatic rings. The number of rotatable bonds is 1. The second-order valence-electron chi connectivity index (χ2n) is 5.31. The monoisotopic (exact) mass is 244 g/mol. The predicted octanol–water partition coefficient (Wildman–Crippen LogP) is 0.712. The summed E-state index contributed by atoms with van der Waals surface area (Å²) in [5.41, 5.74) is -0.803. The van der Waals surface area contributed by atoms with E-state index in [9.17, 15) is 9.18 Å². The summed E-state index contributed by atoms with van der Waals surface area (Å²) < 4.78 is 19.8. The van der Waals surface area contributed by atoms with E-state index in [0.29, 0.717) is 19.5 Å². The summed E-state index contributed by atoms with van der Waals surface area (Å²) in [7, 11) is 0. The molecule has 1 amide bonds. The fraction of sp³-hybridized carbons (Fsp3) is 0.917. The molecule has 0 aromatic carbocycles. The number of amides is 1. The molecule has 98 valence electrons. The molecule has 2 rings (SSSR count). The molecule has 2 aliphatic rings. The minimum Gasteiger partial charge on any atom is -0.357 e. The van der Waals surface area contributed by atoms with E-state index in [0.717, 1.165) is 6.54 Å². The van der Waals surface area contributed by atoms with E-state index < -0.39 is 17.9 Å². The fourth-order valence-corrected chi connectivity index (χ4v) is 2.66. The van der Waals surface area contributed by atoms with Gasteiger partial charge < -0.3 is 15.0 Å². The minimum atomic E-state index is -1.05. The van der Waals surface area contributed by atoms with Gasteiger partial charge in [-0.05, 0) is 33.7 Å². The van der Waals surface area contributed by atoms with Gasteiger partial charge in [0.15, 0.2) is 0 Å². The van der Waals surface area contributed by atoms with Crippen LogP contribution in [0.25, 0.3) is 0 Å². The van der Waals surface area contributed by atoms with E-state index in [-0.39, 0.29) is 11.9 Å². The van der Waals surface area contributed by atoms with Gasteiger partial charge in [0.05, 0.1) is 6.54 Å². The SMILES string of the molecule is CC(C)N1C[C@]2(CCNC[C@@H]2F)O[C@H](C)C1=O. The number of nitrogens with zero attached hydrogens (tertiary/aromatic N) is 1. The van der Waals surface area contributed by atoms with Crippen molar-refractivity contribution >= 4 is 5.91 Å². The average molecular weight is 244 g/mol. The van der Waals surface area contributed by atoms with Gasteiger partial charge in [0.2, 0.25) is 0 Å². The van der Waals surface area contributed by atoms with Gasteiger partial charge in [0, 0.05) is 12.6 Å². The maximum Gasteiger partial charge on any atom is 0.251 e. The predicted molar refractivity (Wildman–Crippen MR) is 62.5 cm³/mol. The number of carbonyl (C=O) groups excluding carboxylic acids is 1. The van der Waals surface area contributed by atoms with E-state index in [2.05, 4.69) is 5.32 Å². The van der Waals surface area contributed by atoms with Crippen LogP contribution >= 0.6 is 0 Å². The van der Waals surface area contributed by atoms with Gasteiger partial charge in [-0.1, -0.05) is 0 Å². The molecule has 2 aliphatic heterocycles. The van der Waals surface area contributed by atoms with Crippen molar-refractivity contribution in [2.24, 2.45) is 0 Å². The summed E-state index contributed by atoms with van der Waals surface area (Å²) in [6, 6.07) is 0.0906. The van der Waals surface area contributed by atoms with Crippen molar-refractivity contribution in [3.8, 4) is 0 Å². The van der Waals surface area contributed by atoms with Crippen molar-refractivity contribution < 1.29 is 13.9 Å². The average Bonchev–Trinajstić information content (AvgIpc) is 2.27. The molecule has 0 saturated carbocycles. The number of ether oxygens (including phenoxy) is 1. The normalized spacial score (nSPS) is 39.1. The Balaban J connectivity index is 2.22. The van der Waals surface area contributed by atoms with E-state index in [1.165, 1.54) is 0 Å². The Morgan fingerprint density at radius 3 is 2.88 bits per heavy atom. The Bertz CT molecular complexity index is 311. The molecular formula is C12H21FN2O2. The summed E-state index contributed by atoms with van der Waals surface area (Å²) in [4.78, 5) is 13.7. The van der Waals surface area contributed by atoms with Crippen LogP contribution in [0.4, 0.5) is 4.39 Å². The van der Waals surface area contributed by atoms with E-state index in [1.807, 2.05) is 13.8 Å². The van der Waals surface area contributed by atoms with Crippen molar-refractivity contribution in [2.45, 2.75) is 51.1 Å². The molecule has 0 unspecified atom stereocenters. The van der Waals surface area contributed by atoms with Gasteiger partial charge in [-0.2, -0.15) is 0 Å². The van der Waals surface area contributed by atoms with Gasteiger partial charge in [-0.3, -0.25) is 4.79 Å². The van der Waals surface area contributed by atoms with Crippen LogP contribution in [0.1, 0.15) is 27.2 Å². The summed E-state index contributed by atoms with van der Waals surface area (Å²) in [6.07, 6.45) is -0.967. The lowest BCUT2D eigenvalue weighted by Gasteiger charge is -2.49. The molecule has 3 atom stereocenters. The van der Waals surface area contributed by atoms with Crippen LogP contribution in [-0.2, 0) is 9.53 Å². The smallest absolute Gasteiger partial charge is 0.251 e. The van der Waals surface area contributed by atoms with Gasteiger partial charge in [-0.15, -0.1) is 0 Å². The highest BCUT2D eigenvalue weighted by Gasteiger charge is 2.50. The van der Waals surface area contributed by atoms with E-state index in [1.54, 1.807) is 11.8 Å². The quantitative estimate of drug-likeness (QED) is 0.738. The number of morpholine rings is 1. The van der Waals surface area contributed by atoms with Gasteiger partial charge in [0.1, 0.15) is 17.9 Å². The van der Waals surface area contributed by atoms with Gasteiger partial charge in [0.25, 0.3) is 5.91 Å². The van der Waals surface area contributed by atoms with Crippen molar-refractivity contribution in [3.05, 3.63) is 0 Å². The number of alkyl halides is 1. The van der Waals surface area contributed by atoms with Crippen molar-refractivity contribution in [2.75, 3.05) is 19.6 Å². The first-order valence-electron chi connectivity index (χ1n) is 6.29. The number of carbonyl (C=O) groups is 1. The first kappa shape index (κ1) is 12.8. The van der Waals surface area contributed by atoms with Crippen LogP contribution in [-0.4, -0.2) is 54.4 Å². The zero-order valence-electron chi connectivity index (χ0n) is 10.7. The van der Waals surface area contributed by atoms with Crippen LogP contribution in [0.15, 0.2) is 0 Å². The Morgan fingerprint density at radius 2 is 2.29 bits per heavy atom. The van der Waals surface area contributed by atoms with Gasteiger partial charge >= 0.3 is 0 Å². The second kappa shape index (κ2) is 4.53. The summed E-state index contributed by atoms with van der Waals surface area (Å²) in [5.74, 6) is -0.0312. The highest BCUT2D eigenvalue weighted by Crippen LogP contribution is 2.33. The van der Waals surface area contributed by atoms with Crippen LogP contribution < -0.4 is 5.32 Å². The lowest BCUT2D eigenvalue weighted by atomic mass is 9.87. The zero-order chi connectivity index (χ0) is 12.6. The molecule has 0 bridgehead atoms. The number of halogens is 1. The molecule has 17 heavy (non-hydrogen) atoms. The molecule has 0 aromatic heterocycles. The first-order chi connectivity index (χ1) is 7.96. The van der Waals surface area contributed by atoms with Crippen molar-refractivity contribution in [1.82, 2.24) is 10.2 Å². The standard InChI is InChI=1S/C12H21FN2O2/c1-8(2)15-7-12(17-9(3)11(15)16)4-5-14-6-10(12)13/h8-10,14H,4-7H2,1-3H3/t9-,10+,12+/m1/s1. The third kappa shape index (κ3) is 2.18. The number of hydrogen-bond donors (Lipinski definition) is 1. The number of hydrogen-bond acceptors (Lipinski definition) is 3. The molecule has 2 saturated heterocycles. The van der Waals surface area contributed by atoms with Gasteiger partial charge in [-0.25, -0.2) is 4.39 Å². The Labute approximate surface area is 101 Å². The maximum atomic E-state index is 14.1. The summed E-state index contributed by atoms with van der Waals surface area (Å²) >= 11 is 0. The summed E-state index contributed by atoms with van der Waals surface area (Å²) in [5, 5.41) is 3.02. The van der Waals surface area contributed by atoms with Crippen molar-refractivity contribution in [1.29, 1.82) is 0 Å². The van der Waals surface area contributed by atoms with E-state index in [4.69, 9.17) is 4.74 Å². The Hall–Kier alpha value is -0.680. The Kier molecular flexibility index (Phi) is 3.41. The third-order valence-corrected chi connectivity index (χ3v) is 3.72. The number of piperidine rings is 1. The second-order valence-corrected chi connectivity index (χ2v) is 5.31. The molecule has 0 aliphatic carbocycles. The lowest BCUT2D eigenvalue weighted by molar-refractivity contribution is -0.203. The van der Waals surface area contributed by atoms with Crippen LogP contribution in [0.2, 0.25) is 0 Å². The minimum absolute atomic E-state index is 0.0312. The fourth-order valence-electron chi connectivity index (χ4n) is 2.66. The molecular weight excluding hydrogens is 223 g/mol. The lowest BCUT2D eigenvalue weighted by Crippen LogP contribution is -2.67. The maximum absolute atomic E-state index is 14.1. The molecule has 2 fully saturated rings. The summed E-state index contributed by atoms with van der Waals surface area (Å²) in [6.45, 7) is 7.06. The zero-order valence-corrected chi connectivity index (χ0v) is 10.7. The highest BCUT2D eigenvalue weighted by atomic mass is 19.1. The van der Waals surface area contributed by atoms with Crippen LogP contribution in [0.3, 0.4) is 0 Å². The topological polar surface area (TPSA) is 41.6 Å². The van der Waals surface area contributed by atoms with E-state index >= 15 is 0 Å². The molecule has 1 spiro atoms. The van der Waals surface area contributed by atoms with Crippen LogP contribution in [0.5, 0.6) is 0 Å². The molecule has 1 N–H and O–H groups in total. The Morgan fingerprint density at radius 1 is 1.59 bits per heavy atom. The largest absolute Gasteiger partial charge is 0.357 e. The number of nitrogens with one attached hydrogen (secondary N) is 1. The highest BCUT2D eigenvalue weighted by molar-refractivity contribution is 5.81. The third-order valence-electron chi connectivity index (χ3n) is 3.72. The molecule has 5 heteroatoms. The van der Waals surface area contributed by atoms with Crippen molar-refractivity contribution in [3.63, 3.8) is 0 Å². The molecule has 0 radical (unpaired) electrons. The first-order valence-corrected chi connectivity index (χ1v) is 6.29. The van der Waals surface area contributed by atoms with Crippen LogP contribution in [0, 0.1) is 0 Å².